The van der Waals surface area contributed by atoms with E-state index in [-0.39, 0.29) is 0 Å². The van der Waals surface area contributed by atoms with Crippen LogP contribution in [0.15, 0.2) is 24.3 Å². The highest BCUT2D eigenvalue weighted by Crippen LogP contribution is 2.31. The zero-order chi connectivity index (χ0) is 15.5. The van der Waals surface area contributed by atoms with Crippen LogP contribution in [-0.2, 0) is 17.8 Å². The summed E-state index contributed by atoms with van der Waals surface area (Å²) in [6.45, 7) is 9.35. The topological polar surface area (TPSA) is 23.6 Å². The molecule has 1 saturated carbocycles. The minimum Gasteiger partial charge on any atom is -0.340 e. The molecule has 0 aromatic heterocycles. The SMILES string of the molecule is CC(C)Cc1ccc(CN2CCN(C(=O)C3CC3)CC2)cc1. The number of carbonyl (C=O) groups is 1. The largest absolute Gasteiger partial charge is 0.340 e. The molecule has 22 heavy (non-hydrogen) atoms. The molecule has 1 saturated heterocycles. The average molecular weight is 300 g/mol. The molecule has 1 amide bonds. The zero-order valence-corrected chi connectivity index (χ0v) is 13.9. The monoisotopic (exact) mass is 300 g/mol. The first kappa shape index (κ1) is 15.5. The number of nitrogens with zero attached hydrogens (tertiary/aromatic N) is 2. The van der Waals surface area contributed by atoms with Gasteiger partial charge < -0.3 is 4.90 Å². The molecular formula is C19H28N2O. The van der Waals surface area contributed by atoms with Crippen LogP contribution >= 0.6 is 0 Å². The Morgan fingerprint density at radius 3 is 2.18 bits per heavy atom. The molecule has 1 aliphatic heterocycles. The molecule has 0 N–H and O–H groups in total. The highest BCUT2D eigenvalue weighted by Gasteiger charge is 2.34. The Balaban J connectivity index is 1.46. The fourth-order valence-corrected chi connectivity index (χ4v) is 3.23. The van der Waals surface area contributed by atoms with Crippen molar-refractivity contribution in [2.24, 2.45) is 11.8 Å². The van der Waals surface area contributed by atoms with Gasteiger partial charge in [-0.2, -0.15) is 0 Å². The van der Waals surface area contributed by atoms with Gasteiger partial charge >= 0.3 is 0 Å². The number of amides is 1. The van der Waals surface area contributed by atoms with Crippen LogP contribution in [0.1, 0.15) is 37.8 Å². The van der Waals surface area contributed by atoms with Crippen LogP contribution in [-0.4, -0.2) is 41.9 Å². The first-order chi connectivity index (χ1) is 10.6. The number of benzene rings is 1. The van der Waals surface area contributed by atoms with Crippen LogP contribution in [0.2, 0.25) is 0 Å². The molecule has 0 unspecified atom stereocenters. The minimum atomic E-state index is 0.361. The molecule has 1 aromatic carbocycles. The third kappa shape index (κ3) is 4.10. The van der Waals surface area contributed by atoms with Gasteiger partial charge in [-0.3, -0.25) is 9.69 Å². The molecular weight excluding hydrogens is 272 g/mol. The van der Waals surface area contributed by atoms with Crippen molar-refractivity contribution in [2.45, 2.75) is 39.7 Å². The number of rotatable bonds is 5. The lowest BCUT2D eigenvalue weighted by Crippen LogP contribution is -2.48. The van der Waals surface area contributed by atoms with Crippen molar-refractivity contribution in [1.29, 1.82) is 0 Å². The van der Waals surface area contributed by atoms with Crippen molar-refractivity contribution < 1.29 is 4.79 Å². The average Bonchev–Trinajstić information content (AvgIpc) is 3.34. The van der Waals surface area contributed by atoms with Crippen LogP contribution in [0.4, 0.5) is 0 Å². The van der Waals surface area contributed by atoms with E-state index in [1.807, 2.05) is 0 Å². The lowest BCUT2D eigenvalue weighted by molar-refractivity contribution is -0.134. The van der Waals surface area contributed by atoms with Gasteiger partial charge in [0.2, 0.25) is 5.91 Å². The fraction of sp³-hybridized carbons (Fsp3) is 0.632. The van der Waals surface area contributed by atoms with E-state index < -0.39 is 0 Å². The first-order valence-electron chi connectivity index (χ1n) is 8.71. The zero-order valence-electron chi connectivity index (χ0n) is 13.9. The van der Waals surface area contributed by atoms with Crippen molar-refractivity contribution in [2.75, 3.05) is 26.2 Å². The fourth-order valence-electron chi connectivity index (χ4n) is 3.23. The Bertz CT molecular complexity index is 497. The van der Waals surface area contributed by atoms with E-state index in [1.165, 1.54) is 11.1 Å². The molecule has 3 nitrogen and oxygen atoms in total. The van der Waals surface area contributed by atoms with E-state index in [4.69, 9.17) is 0 Å². The van der Waals surface area contributed by atoms with E-state index in [9.17, 15) is 4.79 Å². The molecule has 0 bridgehead atoms. The summed E-state index contributed by atoms with van der Waals surface area (Å²) in [6.07, 6.45) is 3.38. The number of carbonyl (C=O) groups excluding carboxylic acids is 1. The van der Waals surface area contributed by atoms with Crippen LogP contribution in [0.25, 0.3) is 0 Å². The van der Waals surface area contributed by atoms with E-state index in [2.05, 4.69) is 47.9 Å². The quantitative estimate of drug-likeness (QED) is 0.835. The van der Waals surface area contributed by atoms with Gasteiger partial charge in [-0.25, -0.2) is 0 Å². The van der Waals surface area contributed by atoms with Crippen LogP contribution in [0.3, 0.4) is 0 Å². The minimum absolute atomic E-state index is 0.361. The molecule has 3 rings (SSSR count). The third-order valence-electron chi connectivity index (χ3n) is 4.68. The predicted molar refractivity (Wildman–Crippen MR) is 89.6 cm³/mol. The first-order valence-corrected chi connectivity index (χ1v) is 8.71. The van der Waals surface area contributed by atoms with E-state index in [0.717, 1.165) is 52.0 Å². The highest BCUT2D eigenvalue weighted by molar-refractivity contribution is 5.81. The smallest absolute Gasteiger partial charge is 0.225 e. The summed E-state index contributed by atoms with van der Waals surface area (Å²) in [5.41, 5.74) is 2.81. The van der Waals surface area contributed by atoms with Gasteiger partial charge in [0.05, 0.1) is 0 Å². The summed E-state index contributed by atoms with van der Waals surface area (Å²) in [5.74, 6) is 1.47. The predicted octanol–water partition coefficient (Wildman–Crippen LogP) is 2.94. The Hall–Kier alpha value is -1.35. The molecule has 120 valence electrons. The van der Waals surface area contributed by atoms with Crippen LogP contribution in [0.5, 0.6) is 0 Å². The Morgan fingerprint density at radius 1 is 1.05 bits per heavy atom. The van der Waals surface area contributed by atoms with Gasteiger partial charge in [0, 0.05) is 38.6 Å². The summed E-state index contributed by atoms with van der Waals surface area (Å²) < 4.78 is 0. The standard InChI is InChI=1S/C19H28N2O/c1-15(2)13-16-3-5-17(6-4-16)14-20-9-11-21(12-10-20)19(22)18-7-8-18/h3-6,15,18H,7-14H2,1-2H3. The number of hydrogen-bond acceptors (Lipinski definition) is 2. The van der Waals surface area contributed by atoms with Gasteiger partial charge in [-0.15, -0.1) is 0 Å². The third-order valence-corrected chi connectivity index (χ3v) is 4.68. The molecule has 0 spiro atoms. The Morgan fingerprint density at radius 2 is 1.64 bits per heavy atom. The van der Waals surface area contributed by atoms with Gasteiger partial charge in [0.1, 0.15) is 0 Å². The van der Waals surface area contributed by atoms with Crippen molar-refractivity contribution in [1.82, 2.24) is 9.80 Å². The molecule has 0 radical (unpaired) electrons. The van der Waals surface area contributed by atoms with Gasteiger partial charge in [0.25, 0.3) is 0 Å². The van der Waals surface area contributed by atoms with E-state index >= 15 is 0 Å². The maximum Gasteiger partial charge on any atom is 0.225 e. The Kier molecular flexibility index (Phi) is 4.82. The van der Waals surface area contributed by atoms with Gasteiger partial charge in [-0.1, -0.05) is 38.1 Å². The highest BCUT2D eigenvalue weighted by atomic mass is 16.2. The molecule has 2 aliphatic rings. The molecule has 1 heterocycles. The maximum absolute atomic E-state index is 12.1. The summed E-state index contributed by atoms with van der Waals surface area (Å²) >= 11 is 0. The lowest BCUT2D eigenvalue weighted by Gasteiger charge is -2.35. The molecule has 1 aliphatic carbocycles. The van der Waals surface area contributed by atoms with E-state index in [0.29, 0.717) is 17.7 Å². The number of hydrogen-bond donors (Lipinski definition) is 0. The second-order valence-corrected chi connectivity index (χ2v) is 7.29. The van der Waals surface area contributed by atoms with E-state index in [1.54, 1.807) is 0 Å². The molecule has 0 atom stereocenters. The Labute approximate surface area is 134 Å². The lowest BCUT2D eigenvalue weighted by atomic mass is 10.0. The maximum atomic E-state index is 12.1. The molecule has 2 fully saturated rings. The second kappa shape index (κ2) is 6.82. The van der Waals surface area contributed by atoms with Crippen molar-refractivity contribution in [3.63, 3.8) is 0 Å². The second-order valence-electron chi connectivity index (χ2n) is 7.29. The van der Waals surface area contributed by atoms with Crippen LogP contribution in [0, 0.1) is 11.8 Å². The molecule has 1 aromatic rings. The van der Waals surface area contributed by atoms with Crippen molar-refractivity contribution in [3.05, 3.63) is 35.4 Å². The van der Waals surface area contributed by atoms with Crippen molar-refractivity contribution in [3.8, 4) is 0 Å². The summed E-state index contributed by atoms with van der Waals surface area (Å²) in [7, 11) is 0. The van der Waals surface area contributed by atoms with Gasteiger partial charge in [0.15, 0.2) is 0 Å². The summed E-state index contributed by atoms with van der Waals surface area (Å²) in [4.78, 5) is 16.6. The van der Waals surface area contributed by atoms with Crippen LogP contribution < -0.4 is 0 Å². The number of piperazine rings is 1. The molecule has 3 heteroatoms. The van der Waals surface area contributed by atoms with Crippen molar-refractivity contribution >= 4 is 5.91 Å². The van der Waals surface area contributed by atoms with Gasteiger partial charge in [-0.05, 0) is 36.3 Å². The summed E-state index contributed by atoms with van der Waals surface area (Å²) in [6, 6.07) is 9.06. The summed E-state index contributed by atoms with van der Waals surface area (Å²) in [5, 5.41) is 0. The normalized spacial score (nSPS) is 19.7.